The van der Waals surface area contributed by atoms with Crippen molar-refractivity contribution >= 4 is 6.29 Å². The molecule has 0 amide bonds. The molecule has 94 valence electrons. The van der Waals surface area contributed by atoms with Gasteiger partial charge < -0.3 is 5.73 Å². The van der Waals surface area contributed by atoms with Gasteiger partial charge in [-0.15, -0.1) is 0 Å². The smallest absolute Gasteiger partial charge is 0.325 e. The molecule has 0 spiro atoms. The van der Waals surface area contributed by atoms with Crippen molar-refractivity contribution in [2.24, 2.45) is 5.73 Å². The summed E-state index contributed by atoms with van der Waals surface area (Å²) < 4.78 is 62.0. The van der Waals surface area contributed by atoms with E-state index in [1.165, 1.54) is 0 Å². The molecular formula is C9H7F5N2O. The van der Waals surface area contributed by atoms with Crippen LogP contribution in [-0.2, 0) is 12.7 Å². The molecule has 0 saturated heterocycles. The van der Waals surface area contributed by atoms with Gasteiger partial charge in [-0.3, -0.25) is 4.79 Å². The van der Waals surface area contributed by atoms with E-state index in [0.717, 1.165) is 0 Å². The predicted octanol–water partition coefficient (Wildman–Crippen LogP) is 2.31. The number of alkyl halides is 5. The summed E-state index contributed by atoms with van der Waals surface area (Å²) in [5, 5.41) is 0. The molecule has 0 unspecified atom stereocenters. The maximum absolute atomic E-state index is 12.5. The topological polar surface area (TPSA) is 56.0 Å². The van der Waals surface area contributed by atoms with Crippen molar-refractivity contribution in [1.29, 1.82) is 0 Å². The van der Waals surface area contributed by atoms with Gasteiger partial charge in [0.25, 0.3) is 6.43 Å². The van der Waals surface area contributed by atoms with Gasteiger partial charge in [-0.05, 0) is 6.07 Å². The van der Waals surface area contributed by atoms with Crippen LogP contribution in [0.1, 0.15) is 33.7 Å². The number of hydrogen-bond acceptors (Lipinski definition) is 3. The van der Waals surface area contributed by atoms with Crippen LogP contribution in [0, 0.1) is 0 Å². The van der Waals surface area contributed by atoms with E-state index in [-0.39, 0.29) is 12.4 Å². The maximum atomic E-state index is 12.5. The predicted molar refractivity (Wildman–Crippen MR) is 47.5 cm³/mol. The molecule has 0 aliphatic rings. The van der Waals surface area contributed by atoms with Crippen LogP contribution in [-0.4, -0.2) is 11.3 Å². The molecule has 0 aliphatic heterocycles. The Balaban J connectivity index is 3.51. The number of halogens is 5. The van der Waals surface area contributed by atoms with Gasteiger partial charge in [-0.2, -0.15) is 13.2 Å². The lowest BCUT2D eigenvalue weighted by Gasteiger charge is -2.12. The largest absolute Gasteiger partial charge is 0.433 e. The number of pyridine rings is 1. The summed E-state index contributed by atoms with van der Waals surface area (Å²) in [6, 6.07) is 0.160. The molecule has 0 fully saturated rings. The van der Waals surface area contributed by atoms with Crippen molar-refractivity contribution in [3.8, 4) is 0 Å². The molecule has 2 N–H and O–H groups in total. The quantitative estimate of drug-likeness (QED) is 0.665. The van der Waals surface area contributed by atoms with Gasteiger partial charge in [0.2, 0.25) is 0 Å². The number of hydrogen-bond donors (Lipinski definition) is 1. The van der Waals surface area contributed by atoms with Crippen molar-refractivity contribution < 1.29 is 26.7 Å². The normalized spacial score (nSPS) is 11.9. The highest BCUT2D eigenvalue weighted by atomic mass is 19.4. The van der Waals surface area contributed by atoms with E-state index in [2.05, 4.69) is 4.98 Å². The summed E-state index contributed by atoms with van der Waals surface area (Å²) in [5.41, 5.74) is 1.49. The zero-order valence-electron chi connectivity index (χ0n) is 8.26. The Morgan fingerprint density at radius 1 is 1.41 bits per heavy atom. The lowest BCUT2D eigenvalue weighted by molar-refractivity contribution is -0.141. The van der Waals surface area contributed by atoms with Crippen LogP contribution in [0.5, 0.6) is 0 Å². The van der Waals surface area contributed by atoms with E-state index in [1.807, 2.05) is 0 Å². The average Bonchev–Trinajstić information content (AvgIpc) is 2.25. The third-order valence-corrected chi connectivity index (χ3v) is 2.01. The van der Waals surface area contributed by atoms with Crippen LogP contribution in [0.2, 0.25) is 0 Å². The molecule has 0 atom stereocenters. The minimum Gasteiger partial charge on any atom is -0.325 e. The van der Waals surface area contributed by atoms with Crippen LogP contribution in [0.15, 0.2) is 6.07 Å². The average molecular weight is 254 g/mol. The Morgan fingerprint density at radius 2 is 2.00 bits per heavy atom. The lowest BCUT2D eigenvalue weighted by atomic mass is 10.1. The van der Waals surface area contributed by atoms with E-state index in [4.69, 9.17) is 5.73 Å². The van der Waals surface area contributed by atoms with Crippen LogP contribution < -0.4 is 5.73 Å². The first-order chi connectivity index (χ1) is 7.81. The molecular weight excluding hydrogens is 247 g/mol. The number of carbonyl (C=O) groups is 1. The number of rotatable bonds is 3. The molecule has 0 aliphatic carbocycles. The highest BCUT2D eigenvalue weighted by Crippen LogP contribution is 2.32. The standard InChI is InChI=1S/C9H7F5N2O/c10-8(11)4-1-7(9(12,13)14)16-6(2-15)5(4)3-17/h1,3,8H,2,15H2. The first-order valence-electron chi connectivity index (χ1n) is 4.35. The number of carbonyl (C=O) groups excluding carboxylic acids is 1. The number of nitrogens with two attached hydrogens (primary N) is 1. The lowest BCUT2D eigenvalue weighted by Crippen LogP contribution is -2.15. The van der Waals surface area contributed by atoms with Gasteiger partial charge in [-0.25, -0.2) is 13.8 Å². The molecule has 1 aromatic rings. The molecule has 0 bridgehead atoms. The van der Waals surface area contributed by atoms with Crippen molar-refractivity contribution in [2.45, 2.75) is 19.1 Å². The molecule has 1 aromatic heterocycles. The second-order valence-electron chi connectivity index (χ2n) is 3.08. The van der Waals surface area contributed by atoms with Gasteiger partial charge in [0.15, 0.2) is 6.29 Å². The van der Waals surface area contributed by atoms with E-state index in [0.29, 0.717) is 0 Å². The summed E-state index contributed by atoms with van der Waals surface area (Å²) in [7, 11) is 0. The molecule has 1 rings (SSSR count). The monoisotopic (exact) mass is 254 g/mol. The highest BCUT2D eigenvalue weighted by molar-refractivity contribution is 5.79. The fourth-order valence-corrected chi connectivity index (χ4v) is 1.25. The Kier molecular flexibility index (Phi) is 3.76. The molecule has 0 aromatic carbocycles. The SMILES string of the molecule is NCc1nc(C(F)(F)F)cc(C(F)F)c1C=O. The highest BCUT2D eigenvalue weighted by Gasteiger charge is 2.35. The molecule has 1 heterocycles. The Bertz CT molecular complexity index is 430. The van der Waals surface area contributed by atoms with Gasteiger partial charge in [-0.1, -0.05) is 0 Å². The van der Waals surface area contributed by atoms with Crippen molar-refractivity contribution in [2.75, 3.05) is 0 Å². The van der Waals surface area contributed by atoms with Crippen molar-refractivity contribution in [3.05, 3.63) is 28.6 Å². The molecule has 0 saturated carbocycles. The van der Waals surface area contributed by atoms with E-state index in [9.17, 15) is 26.7 Å². The summed E-state index contributed by atoms with van der Waals surface area (Å²) in [6.45, 7) is -0.530. The van der Waals surface area contributed by atoms with Crippen LogP contribution >= 0.6 is 0 Å². The first kappa shape index (κ1) is 13.5. The third-order valence-electron chi connectivity index (χ3n) is 2.01. The Morgan fingerprint density at radius 3 is 2.35 bits per heavy atom. The van der Waals surface area contributed by atoms with Crippen LogP contribution in [0.3, 0.4) is 0 Å². The van der Waals surface area contributed by atoms with Gasteiger partial charge in [0.1, 0.15) is 5.69 Å². The van der Waals surface area contributed by atoms with E-state index < -0.39 is 41.7 Å². The second-order valence-corrected chi connectivity index (χ2v) is 3.08. The fourth-order valence-electron chi connectivity index (χ4n) is 1.25. The van der Waals surface area contributed by atoms with Crippen molar-refractivity contribution in [1.82, 2.24) is 4.98 Å². The van der Waals surface area contributed by atoms with Gasteiger partial charge in [0.05, 0.1) is 5.69 Å². The van der Waals surface area contributed by atoms with Gasteiger partial charge >= 0.3 is 6.18 Å². The molecule has 3 nitrogen and oxygen atoms in total. The third kappa shape index (κ3) is 2.76. The summed E-state index contributed by atoms with van der Waals surface area (Å²) >= 11 is 0. The Hall–Kier alpha value is -1.57. The minimum absolute atomic E-state index is 0.0246. The van der Waals surface area contributed by atoms with Gasteiger partial charge in [0, 0.05) is 17.7 Å². The summed E-state index contributed by atoms with van der Waals surface area (Å²) in [5.74, 6) is 0. The van der Waals surface area contributed by atoms with E-state index >= 15 is 0 Å². The van der Waals surface area contributed by atoms with E-state index in [1.54, 1.807) is 0 Å². The van der Waals surface area contributed by atoms with Crippen LogP contribution in [0.25, 0.3) is 0 Å². The molecule has 8 heteroatoms. The number of nitrogens with zero attached hydrogens (tertiary/aromatic N) is 1. The summed E-state index contributed by atoms with van der Waals surface area (Å²) in [6.07, 6.45) is -8.05. The van der Waals surface area contributed by atoms with Crippen molar-refractivity contribution in [3.63, 3.8) is 0 Å². The molecule has 0 radical (unpaired) electrons. The zero-order valence-corrected chi connectivity index (χ0v) is 8.26. The zero-order chi connectivity index (χ0) is 13.2. The maximum Gasteiger partial charge on any atom is 0.433 e. The molecule has 17 heavy (non-hydrogen) atoms. The fraction of sp³-hybridized carbons (Fsp3) is 0.333. The Labute approximate surface area is 92.4 Å². The second kappa shape index (κ2) is 4.74. The number of aldehydes is 1. The first-order valence-corrected chi connectivity index (χ1v) is 4.35. The number of aromatic nitrogens is 1. The minimum atomic E-state index is -4.87. The summed E-state index contributed by atoms with van der Waals surface area (Å²) in [4.78, 5) is 13.6. The van der Waals surface area contributed by atoms with Crippen LogP contribution in [0.4, 0.5) is 22.0 Å².